The van der Waals surface area contributed by atoms with Crippen LogP contribution in [0.4, 0.5) is 4.79 Å². The summed E-state index contributed by atoms with van der Waals surface area (Å²) in [6, 6.07) is 4.29. The normalized spacial score (nSPS) is 27.1. The number of alkyl carbamates (subject to hydrolysis) is 1. The fourth-order valence-corrected chi connectivity index (χ4v) is 7.42. The van der Waals surface area contributed by atoms with Crippen LogP contribution < -0.4 is 20.1 Å². The summed E-state index contributed by atoms with van der Waals surface area (Å²) in [5, 5.41) is 16.1. The first kappa shape index (κ1) is 39.3. The zero-order chi connectivity index (χ0) is 36.1. The minimum atomic E-state index is -1.26. The second-order valence-electron chi connectivity index (χ2n) is 13.7. The first-order chi connectivity index (χ1) is 24.6. The van der Waals surface area contributed by atoms with Gasteiger partial charge in [0.1, 0.15) is 41.3 Å². The predicted octanol–water partition coefficient (Wildman–Crippen LogP) is 3.90. The Kier molecular flexibility index (Phi) is 13.1. The number of pyridine rings is 1. The van der Waals surface area contributed by atoms with Gasteiger partial charge in [0, 0.05) is 59.4 Å². The number of nitrogens with zero attached hydrogens (tertiary/aromatic N) is 2. The molecule has 275 valence electrons. The molecule has 4 aliphatic rings. The van der Waals surface area contributed by atoms with Crippen molar-refractivity contribution in [3.8, 4) is 11.5 Å². The summed E-state index contributed by atoms with van der Waals surface area (Å²) >= 11 is 0. The number of nitrogens with one attached hydrogen (secondary N) is 2. The summed E-state index contributed by atoms with van der Waals surface area (Å²) in [4.78, 5) is 72.6. The Morgan fingerprint density at radius 1 is 1.06 bits per heavy atom. The Hall–Kier alpha value is -3.88. The minimum Gasteiger partial charge on any atom is -0.497 e. The fraction of sp³-hybridized carbons (Fsp3) is 0.568. The quantitative estimate of drug-likeness (QED) is 0.204. The Morgan fingerprint density at radius 3 is 2.56 bits per heavy atom. The molecule has 1 saturated heterocycles. The molecule has 5 atom stereocenters. The van der Waals surface area contributed by atoms with Crippen molar-refractivity contribution >= 4 is 70.3 Å². The molecular weight excluding hydrogens is 683 g/mol. The number of ether oxygens (including phenoxy) is 4. The van der Waals surface area contributed by atoms with E-state index in [1.54, 1.807) is 25.1 Å². The average molecular weight is 730 g/mol. The van der Waals surface area contributed by atoms with Gasteiger partial charge in [-0.1, -0.05) is 25.0 Å². The third-order valence-electron chi connectivity index (χ3n) is 10.2. The van der Waals surface area contributed by atoms with Crippen molar-refractivity contribution in [1.29, 1.82) is 0 Å². The topological polar surface area (TPSA) is 183 Å². The van der Waals surface area contributed by atoms with Crippen LogP contribution in [0.25, 0.3) is 10.9 Å². The molecule has 3 heterocycles. The van der Waals surface area contributed by atoms with E-state index >= 15 is 0 Å². The van der Waals surface area contributed by atoms with E-state index in [1.165, 1.54) is 18.1 Å². The molecule has 1 radical (unpaired) electrons. The number of amides is 3. The van der Waals surface area contributed by atoms with E-state index in [0.717, 1.165) is 44.9 Å². The number of esters is 1. The molecule has 0 spiro atoms. The van der Waals surface area contributed by atoms with Gasteiger partial charge < -0.3 is 39.6 Å². The molecule has 2 aliphatic carbocycles. The third kappa shape index (κ3) is 8.83. The first-order valence-electron chi connectivity index (χ1n) is 17.9. The molecule has 3 N–H and O–H groups in total. The fourth-order valence-electron chi connectivity index (χ4n) is 7.42. The van der Waals surface area contributed by atoms with Crippen molar-refractivity contribution in [1.82, 2.24) is 20.5 Å². The van der Waals surface area contributed by atoms with Gasteiger partial charge in [-0.25, -0.2) is 19.4 Å². The number of allylic oxidation sites excluding steroid dienone is 1. The van der Waals surface area contributed by atoms with Gasteiger partial charge in [0.15, 0.2) is 5.69 Å². The summed E-state index contributed by atoms with van der Waals surface area (Å²) in [6.45, 7) is 1.81. The van der Waals surface area contributed by atoms with E-state index in [4.69, 9.17) is 18.9 Å². The van der Waals surface area contributed by atoms with Gasteiger partial charge in [-0.3, -0.25) is 9.59 Å². The van der Waals surface area contributed by atoms with E-state index in [2.05, 4.69) is 15.6 Å². The van der Waals surface area contributed by atoms with Crippen molar-refractivity contribution in [2.24, 2.45) is 5.92 Å². The maximum atomic E-state index is 14.4. The maximum absolute atomic E-state index is 14.4. The van der Waals surface area contributed by atoms with Gasteiger partial charge in [-0.05, 0) is 70.4 Å². The minimum absolute atomic E-state index is 0. The Labute approximate surface area is 324 Å². The van der Waals surface area contributed by atoms with Crippen LogP contribution in [0.2, 0.25) is 0 Å². The van der Waals surface area contributed by atoms with Crippen LogP contribution in [0.1, 0.15) is 88.0 Å². The molecule has 14 nitrogen and oxygen atoms in total. The van der Waals surface area contributed by atoms with Crippen LogP contribution >= 0.6 is 0 Å². The van der Waals surface area contributed by atoms with E-state index in [1.807, 2.05) is 12.2 Å². The Bertz CT molecular complexity index is 1700. The number of hydrogen-bond donors (Lipinski definition) is 3. The van der Waals surface area contributed by atoms with Crippen molar-refractivity contribution < 1.29 is 48.0 Å². The number of carbonyl (C=O) groups excluding carboxylic acids is 4. The standard InChI is InChI=1S/C37H46N4O10.Na/c1-3-49-35(46)37-20-22(37)11-7-5-4-6-8-14-27(39-36(47)51-23-12-9-10-13-23)33(43)41-21-25(18-30(41)32(42)40-37)50-31-19-29(34(44)45)38-28-17-24(48-2)15-16-26(28)31;/h7,11,15-17,19,22-23,25,27,30H,3-6,8-10,12-14,18,20-21H2,1-2H3,(H,39,47)(H,40,42)(H,44,45);/b11-7-;/t22-,25-,27+,30+,37-;/m1./s1. The van der Waals surface area contributed by atoms with Gasteiger partial charge in [-0.15, -0.1) is 0 Å². The van der Waals surface area contributed by atoms with Crippen LogP contribution in [-0.4, -0.2) is 124 Å². The van der Waals surface area contributed by atoms with E-state index in [0.29, 0.717) is 35.9 Å². The second-order valence-corrected chi connectivity index (χ2v) is 13.7. The number of hydrogen-bond acceptors (Lipinski definition) is 10. The molecule has 3 fully saturated rings. The number of carboxylic acids is 1. The molecule has 2 aliphatic heterocycles. The monoisotopic (exact) mass is 729 g/mol. The van der Waals surface area contributed by atoms with Crippen LogP contribution in [0.5, 0.6) is 11.5 Å². The summed E-state index contributed by atoms with van der Waals surface area (Å²) in [6.07, 6.45) is 9.67. The molecule has 52 heavy (non-hydrogen) atoms. The number of carboxylic acid groups (broad SMARTS) is 1. The molecule has 0 unspecified atom stereocenters. The van der Waals surface area contributed by atoms with E-state index in [-0.39, 0.29) is 72.6 Å². The predicted molar refractivity (Wildman–Crippen MR) is 189 cm³/mol. The molecule has 15 heteroatoms. The Morgan fingerprint density at radius 2 is 1.83 bits per heavy atom. The summed E-state index contributed by atoms with van der Waals surface area (Å²) in [7, 11) is 1.49. The largest absolute Gasteiger partial charge is 0.497 e. The summed E-state index contributed by atoms with van der Waals surface area (Å²) < 4.78 is 22.7. The molecule has 2 saturated carbocycles. The van der Waals surface area contributed by atoms with Crippen LogP contribution in [0.15, 0.2) is 36.4 Å². The van der Waals surface area contributed by atoms with Gasteiger partial charge in [-0.2, -0.15) is 0 Å². The summed E-state index contributed by atoms with van der Waals surface area (Å²) in [5.41, 5.74) is -1.17. The molecule has 3 amide bonds. The van der Waals surface area contributed by atoms with Crippen molar-refractivity contribution in [2.45, 2.75) is 107 Å². The number of methoxy groups -OCH3 is 1. The molecule has 1 aromatic carbocycles. The number of fused-ring (bicyclic) bond motifs is 3. The van der Waals surface area contributed by atoms with Crippen molar-refractivity contribution in [3.63, 3.8) is 0 Å². The van der Waals surface area contributed by atoms with Gasteiger partial charge in [0.05, 0.1) is 25.8 Å². The Balaban J connectivity index is 0.00000523. The van der Waals surface area contributed by atoms with Gasteiger partial charge in [0.2, 0.25) is 11.8 Å². The zero-order valence-corrected chi connectivity index (χ0v) is 32.1. The zero-order valence-electron chi connectivity index (χ0n) is 30.1. The van der Waals surface area contributed by atoms with Gasteiger partial charge >= 0.3 is 18.0 Å². The number of aromatic carboxylic acids is 1. The number of carbonyl (C=O) groups is 5. The first-order valence-corrected chi connectivity index (χ1v) is 17.9. The molecule has 6 rings (SSSR count). The van der Waals surface area contributed by atoms with E-state index < -0.39 is 53.6 Å². The average Bonchev–Trinajstić information content (AvgIpc) is 3.38. The maximum Gasteiger partial charge on any atom is 0.408 e. The summed E-state index contributed by atoms with van der Waals surface area (Å²) in [5.74, 6) is -2.36. The second kappa shape index (κ2) is 17.3. The number of benzene rings is 1. The van der Waals surface area contributed by atoms with Crippen LogP contribution in [0, 0.1) is 5.92 Å². The molecule has 1 aromatic heterocycles. The van der Waals surface area contributed by atoms with Crippen molar-refractivity contribution in [2.75, 3.05) is 20.3 Å². The molecule has 2 aromatic rings. The van der Waals surface area contributed by atoms with Crippen LogP contribution in [-0.2, 0) is 23.9 Å². The molecular formula is C37H46N4NaO10. The molecule has 0 bridgehead atoms. The smallest absolute Gasteiger partial charge is 0.408 e. The number of rotatable bonds is 8. The van der Waals surface area contributed by atoms with Crippen LogP contribution in [0.3, 0.4) is 0 Å². The van der Waals surface area contributed by atoms with E-state index in [9.17, 15) is 29.1 Å². The van der Waals surface area contributed by atoms with Gasteiger partial charge in [0.25, 0.3) is 0 Å². The third-order valence-corrected chi connectivity index (χ3v) is 10.2. The SMILES string of the molecule is CCOC(=O)[C@@]12C[C@H]1/C=C\CCCCC[C@H](NC(=O)OC1CCCC1)C(=O)N1C[C@H](Oc3cc(C(=O)O)nc4cc(OC)ccc34)C[C@H]1C(=O)N2.[Na]. The van der Waals surface area contributed by atoms with Crippen molar-refractivity contribution in [3.05, 3.63) is 42.1 Å². The number of aromatic nitrogens is 1.